The lowest BCUT2D eigenvalue weighted by molar-refractivity contribution is -0.137. The molecule has 0 radical (unpaired) electrons. The van der Waals surface area contributed by atoms with E-state index in [4.69, 9.17) is 5.73 Å². The Hall–Kier alpha value is -1.91. The Morgan fingerprint density at radius 3 is 2.63 bits per heavy atom. The summed E-state index contributed by atoms with van der Waals surface area (Å²) in [6, 6.07) is 5.63. The summed E-state index contributed by atoms with van der Waals surface area (Å²) in [5.74, 6) is -0.790. The summed E-state index contributed by atoms with van der Waals surface area (Å²) in [6.07, 6.45) is 2.32. The van der Waals surface area contributed by atoms with E-state index in [1.165, 1.54) is 12.1 Å². The van der Waals surface area contributed by atoms with Gasteiger partial charge in [-0.2, -0.15) is 0 Å². The number of likely N-dealkylation sites (tertiary alicyclic amines) is 1. The van der Waals surface area contributed by atoms with Gasteiger partial charge >= 0.3 is 0 Å². The second-order valence-electron chi connectivity index (χ2n) is 4.77. The van der Waals surface area contributed by atoms with Crippen LogP contribution in [0.5, 0.6) is 0 Å². The van der Waals surface area contributed by atoms with E-state index in [0.29, 0.717) is 25.8 Å². The van der Waals surface area contributed by atoms with Crippen LogP contribution in [-0.2, 0) is 16.0 Å². The van der Waals surface area contributed by atoms with Gasteiger partial charge in [-0.25, -0.2) is 4.39 Å². The normalized spacial score (nSPS) is 18.6. The van der Waals surface area contributed by atoms with E-state index in [1.54, 1.807) is 17.0 Å². The highest BCUT2D eigenvalue weighted by molar-refractivity contribution is 5.87. The fraction of sp³-hybridized carbons (Fsp3) is 0.429. The van der Waals surface area contributed by atoms with E-state index in [1.807, 2.05) is 0 Å². The van der Waals surface area contributed by atoms with Crippen LogP contribution < -0.4 is 5.73 Å². The second kappa shape index (κ2) is 5.82. The molecular weight excluding hydrogens is 247 g/mol. The number of carbonyl (C=O) groups is 2. The zero-order valence-corrected chi connectivity index (χ0v) is 10.6. The predicted molar refractivity (Wildman–Crippen MR) is 68.7 cm³/mol. The number of nitrogens with two attached hydrogens (primary N) is 1. The number of amides is 2. The number of benzene rings is 1. The molecule has 102 valence electrons. The smallest absolute Gasteiger partial charge is 0.240 e. The van der Waals surface area contributed by atoms with Gasteiger partial charge in [0.1, 0.15) is 11.9 Å². The number of primary amides is 1. The Balaban J connectivity index is 1.90. The van der Waals surface area contributed by atoms with Crippen LogP contribution in [-0.4, -0.2) is 29.3 Å². The lowest BCUT2D eigenvalue weighted by Crippen LogP contribution is -2.43. The third-order valence-electron chi connectivity index (χ3n) is 3.44. The molecule has 0 aromatic heterocycles. The van der Waals surface area contributed by atoms with Gasteiger partial charge in [0.15, 0.2) is 0 Å². The molecule has 1 heterocycles. The molecule has 0 spiro atoms. The highest BCUT2D eigenvalue weighted by atomic mass is 19.1. The quantitative estimate of drug-likeness (QED) is 0.889. The zero-order valence-electron chi connectivity index (χ0n) is 10.6. The van der Waals surface area contributed by atoms with Gasteiger partial charge < -0.3 is 10.6 Å². The monoisotopic (exact) mass is 264 g/mol. The van der Waals surface area contributed by atoms with E-state index in [0.717, 1.165) is 12.0 Å². The number of halogens is 1. The van der Waals surface area contributed by atoms with E-state index in [2.05, 4.69) is 0 Å². The van der Waals surface area contributed by atoms with Crippen molar-refractivity contribution >= 4 is 11.8 Å². The molecule has 1 aromatic carbocycles. The number of nitrogens with zero attached hydrogens (tertiary/aromatic N) is 1. The first-order chi connectivity index (χ1) is 9.08. The molecule has 0 saturated carbocycles. The minimum atomic E-state index is -0.458. The van der Waals surface area contributed by atoms with Crippen molar-refractivity contribution in [2.45, 2.75) is 31.7 Å². The van der Waals surface area contributed by atoms with Crippen molar-refractivity contribution in [3.05, 3.63) is 35.6 Å². The highest BCUT2D eigenvalue weighted by Crippen LogP contribution is 2.18. The van der Waals surface area contributed by atoms with E-state index < -0.39 is 11.9 Å². The lowest BCUT2D eigenvalue weighted by atomic mass is 10.1. The van der Waals surface area contributed by atoms with Crippen molar-refractivity contribution in [2.75, 3.05) is 6.54 Å². The van der Waals surface area contributed by atoms with Gasteiger partial charge in [0.2, 0.25) is 11.8 Å². The van der Waals surface area contributed by atoms with Crippen LogP contribution in [0.4, 0.5) is 4.39 Å². The van der Waals surface area contributed by atoms with Crippen LogP contribution in [0.2, 0.25) is 0 Å². The largest absolute Gasteiger partial charge is 0.368 e. The first-order valence-electron chi connectivity index (χ1n) is 6.41. The standard InChI is InChI=1S/C14H17FN2O2/c15-11-6-3-10(4-7-11)5-8-13(18)17-9-1-2-12(17)14(16)19/h3-4,6-7,12H,1-2,5,8-9H2,(H2,16,19). The fourth-order valence-electron chi connectivity index (χ4n) is 2.41. The Morgan fingerprint density at radius 2 is 2.00 bits per heavy atom. The van der Waals surface area contributed by atoms with Crippen LogP contribution in [0.3, 0.4) is 0 Å². The Morgan fingerprint density at radius 1 is 1.32 bits per heavy atom. The number of aryl methyl sites for hydroxylation is 1. The Kier molecular flexibility index (Phi) is 4.14. The van der Waals surface area contributed by atoms with Crippen molar-refractivity contribution < 1.29 is 14.0 Å². The third-order valence-corrected chi connectivity index (χ3v) is 3.44. The van der Waals surface area contributed by atoms with Gasteiger partial charge in [-0.3, -0.25) is 9.59 Å². The minimum Gasteiger partial charge on any atom is -0.368 e. The van der Waals surface area contributed by atoms with Gasteiger partial charge in [0.25, 0.3) is 0 Å². The van der Waals surface area contributed by atoms with E-state index in [9.17, 15) is 14.0 Å². The second-order valence-corrected chi connectivity index (χ2v) is 4.77. The fourth-order valence-corrected chi connectivity index (χ4v) is 2.41. The van der Waals surface area contributed by atoms with Gasteiger partial charge in [-0.1, -0.05) is 12.1 Å². The number of carbonyl (C=O) groups excluding carboxylic acids is 2. The molecular formula is C14H17FN2O2. The average Bonchev–Trinajstić information content (AvgIpc) is 2.87. The maximum Gasteiger partial charge on any atom is 0.240 e. The molecule has 1 aliphatic rings. The highest BCUT2D eigenvalue weighted by Gasteiger charge is 2.31. The lowest BCUT2D eigenvalue weighted by Gasteiger charge is -2.22. The van der Waals surface area contributed by atoms with E-state index >= 15 is 0 Å². The molecule has 1 unspecified atom stereocenters. The first-order valence-corrected chi connectivity index (χ1v) is 6.41. The van der Waals surface area contributed by atoms with Crippen molar-refractivity contribution in [1.29, 1.82) is 0 Å². The predicted octanol–water partition coefficient (Wildman–Crippen LogP) is 1.23. The molecule has 1 aromatic rings. The van der Waals surface area contributed by atoms with Crippen LogP contribution in [0.25, 0.3) is 0 Å². The van der Waals surface area contributed by atoms with E-state index in [-0.39, 0.29) is 11.7 Å². The van der Waals surface area contributed by atoms with Gasteiger partial charge in [-0.05, 0) is 37.0 Å². The van der Waals surface area contributed by atoms with Crippen molar-refractivity contribution in [3.8, 4) is 0 Å². The summed E-state index contributed by atoms with van der Waals surface area (Å²) in [5.41, 5.74) is 6.18. The van der Waals surface area contributed by atoms with Crippen LogP contribution in [0.15, 0.2) is 24.3 Å². The van der Waals surface area contributed by atoms with Crippen LogP contribution in [0, 0.1) is 5.82 Å². The maximum atomic E-state index is 12.7. The molecule has 2 N–H and O–H groups in total. The maximum absolute atomic E-state index is 12.7. The average molecular weight is 264 g/mol. The van der Waals surface area contributed by atoms with Crippen molar-refractivity contribution in [3.63, 3.8) is 0 Å². The van der Waals surface area contributed by atoms with Crippen molar-refractivity contribution in [1.82, 2.24) is 4.90 Å². The zero-order chi connectivity index (χ0) is 13.8. The van der Waals surface area contributed by atoms with Crippen molar-refractivity contribution in [2.24, 2.45) is 5.73 Å². The SMILES string of the molecule is NC(=O)C1CCCN1C(=O)CCc1ccc(F)cc1. The summed E-state index contributed by atoms with van der Waals surface area (Å²) in [6.45, 7) is 0.593. The number of hydrogen-bond acceptors (Lipinski definition) is 2. The molecule has 2 rings (SSSR count). The molecule has 1 saturated heterocycles. The number of hydrogen-bond donors (Lipinski definition) is 1. The van der Waals surface area contributed by atoms with Gasteiger partial charge in [0.05, 0.1) is 0 Å². The Bertz CT molecular complexity index is 473. The molecule has 1 atom stereocenters. The summed E-state index contributed by atoms with van der Waals surface area (Å²) in [4.78, 5) is 24.8. The summed E-state index contributed by atoms with van der Waals surface area (Å²) in [7, 11) is 0. The molecule has 1 fully saturated rings. The first kappa shape index (κ1) is 13.5. The third kappa shape index (κ3) is 3.30. The van der Waals surface area contributed by atoms with Gasteiger partial charge in [-0.15, -0.1) is 0 Å². The molecule has 0 bridgehead atoms. The Labute approximate surface area is 111 Å². The van der Waals surface area contributed by atoms with Gasteiger partial charge in [0, 0.05) is 13.0 Å². The topological polar surface area (TPSA) is 63.4 Å². The summed E-state index contributed by atoms with van der Waals surface area (Å²) < 4.78 is 12.7. The molecule has 4 nitrogen and oxygen atoms in total. The molecule has 5 heteroatoms. The van der Waals surface area contributed by atoms with Crippen LogP contribution >= 0.6 is 0 Å². The summed E-state index contributed by atoms with van der Waals surface area (Å²) >= 11 is 0. The summed E-state index contributed by atoms with van der Waals surface area (Å²) in [5, 5.41) is 0. The minimum absolute atomic E-state index is 0.0642. The molecule has 2 amide bonds. The number of rotatable bonds is 4. The molecule has 0 aliphatic carbocycles. The van der Waals surface area contributed by atoms with Crippen LogP contribution in [0.1, 0.15) is 24.8 Å². The molecule has 19 heavy (non-hydrogen) atoms. The molecule has 1 aliphatic heterocycles.